The van der Waals surface area contributed by atoms with Crippen LogP contribution in [0.3, 0.4) is 0 Å². The number of fused-ring (bicyclic) bond motifs is 7. The van der Waals surface area contributed by atoms with Crippen LogP contribution in [0.1, 0.15) is 127 Å². The van der Waals surface area contributed by atoms with Crippen molar-refractivity contribution in [3.8, 4) is 0 Å². The van der Waals surface area contributed by atoms with Crippen molar-refractivity contribution in [2.45, 2.75) is 213 Å². The Morgan fingerprint density at radius 1 is 0.706 bits per heavy atom. The van der Waals surface area contributed by atoms with Crippen LogP contribution in [0.25, 0.3) is 0 Å². The highest BCUT2D eigenvalue weighted by molar-refractivity contribution is 5.76. The molecule has 0 aromatic heterocycles. The normalized spacial score (nSPS) is 51.1. The van der Waals surface area contributed by atoms with E-state index in [0.29, 0.717) is 19.3 Å². The van der Waals surface area contributed by atoms with Crippen molar-refractivity contribution in [1.82, 2.24) is 0 Å². The van der Waals surface area contributed by atoms with Crippen molar-refractivity contribution >= 4 is 17.9 Å². The molecule has 0 aromatic rings. The summed E-state index contributed by atoms with van der Waals surface area (Å²) in [5.74, 6) is -1.61. The second-order valence-corrected chi connectivity index (χ2v) is 23.6. The quantitative estimate of drug-likeness (QED) is 0.0942. The second-order valence-electron chi connectivity index (χ2n) is 23.6. The highest BCUT2D eigenvalue weighted by Gasteiger charge is 2.70. The molecule has 0 amide bonds. The molecule has 3 heterocycles. The van der Waals surface area contributed by atoms with E-state index < -0.39 is 115 Å². The van der Waals surface area contributed by atoms with Crippen LogP contribution in [0.2, 0.25) is 0 Å². The van der Waals surface area contributed by atoms with E-state index in [1.54, 1.807) is 0 Å². The second kappa shape index (κ2) is 18.6. The first-order valence-electron chi connectivity index (χ1n) is 24.9. The Morgan fingerprint density at radius 3 is 2.06 bits per heavy atom. The molecule has 7 N–H and O–H groups in total. The molecular weight excluding hydrogens is 889 g/mol. The molecule has 0 spiro atoms. The van der Waals surface area contributed by atoms with Crippen LogP contribution >= 0.6 is 0 Å². The number of aliphatic hydroxyl groups excluding tert-OH is 6. The number of aliphatic carboxylic acids is 1. The molecule has 0 bridgehead atoms. The van der Waals surface area contributed by atoms with Gasteiger partial charge in [0.1, 0.15) is 48.8 Å². The minimum Gasteiger partial charge on any atom is -0.481 e. The van der Waals surface area contributed by atoms with E-state index in [2.05, 4.69) is 47.6 Å². The van der Waals surface area contributed by atoms with Gasteiger partial charge >= 0.3 is 17.9 Å². The predicted octanol–water partition coefficient (Wildman–Crippen LogP) is 3.13. The Labute approximate surface area is 399 Å². The lowest BCUT2D eigenvalue weighted by molar-refractivity contribution is -0.379. The Hall–Kier alpha value is -2.33. The lowest BCUT2D eigenvalue weighted by Crippen LogP contribution is -2.67. The predicted molar refractivity (Wildman–Crippen MR) is 238 cm³/mol. The average Bonchev–Trinajstić information content (AvgIpc) is 3.26. The maximum absolute atomic E-state index is 13.2. The van der Waals surface area contributed by atoms with Crippen molar-refractivity contribution in [2.75, 3.05) is 19.8 Å². The van der Waals surface area contributed by atoms with Gasteiger partial charge in [-0.3, -0.25) is 14.4 Å². The molecule has 5 aliphatic carbocycles. The topological polar surface area (TPSA) is 267 Å². The number of hydrogen-bond acceptors (Lipinski definition) is 17. The van der Waals surface area contributed by atoms with Gasteiger partial charge < -0.3 is 73.6 Å². The molecule has 22 atom stereocenters. The summed E-state index contributed by atoms with van der Waals surface area (Å²) in [7, 11) is 0. The van der Waals surface area contributed by atoms with Gasteiger partial charge in [0.05, 0.1) is 37.4 Å². The lowest BCUT2D eigenvalue weighted by atomic mass is 9.33. The van der Waals surface area contributed by atoms with E-state index in [4.69, 9.17) is 37.9 Å². The smallest absolute Gasteiger partial charge is 0.310 e. The van der Waals surface area contributed by atoms with Gasteiger partial charge in [-0.25, -0.2) is 0 Å². The fourth-order valence-electron chi connectivity index (χ4n) is 15.1. The fraction of sp³-hybridized carbons (Fsp3) is 0.900. The largest absolute Gasteiger partial charge is 0.481 e. The first kappa shape index (κ1) is 52.0. The molecule has 0 radical (unpaired) electrons. The molecule has 18 nitrogen and oxygen atoms in total. The van der Waals surface area contributed by atoms with E-state index in [-0.39, 0.29) is 59.2 Å². The minimum absolute atomic E-state index is 0.0116. The molecule has 7 fully saturated rings. The van der Waals surface area contributed by atoms with E-state index in [1.165, 1.54) is 19.4 Å². The van der Waals surface area contributed by atoms with Gasteiger partial charge in [-0.1, -0.05) is 53.2 Å². The fourth-order valence-corrected chi connectivity index (χ4v) is 15.1. The molecule has 386 valence electrons. The highest BCUT2D eigenvalue weighted by atomic mass is 16.8. The maximum atomic E-state index is 13.2. The van der Waals surface area contributed by atoms with Gasteiger partial charge in [-0.05, 0) is 111 Å². The molecule has 8 rings (SSSR count). The summed E-state index contributed by atoms with van der Waals surface area (Å²) < 4.78 is 47.5. The maximum Gasteiger partial charge on any atom is 0.310 e. The molecule has 0 unspecified atom stereocenters. The third kappa shape index (κ3) is 8.58. The molecule has 18 heteroatoms. The standard InChI is InChI=1S/C50H78O18/c1-24-34(54)39(67-41-37(57)36(56)30(22-62-41)65-26(3)52)38(58)42(64-24)68-40-35(55)29(53)21-61-43(40)66-33-13-14-46(6)31(47(33,7)23-63-25(2)51)12-15-49(9)32(46)11-10-27-28-20-45(4,5)16-18-50(28,44(59)60)19-17-48(27,49)8/h10,24,28-43,53-58H,11-23H2,1-9H3,(H,59,60)/t24-,28-,29-,30+,31+,32+,33-,34-,35-,36-,37+,38+,39+,40+,41-,42-,43-,46-,47-,48+,49+,50-/m0/s1. The van der Waals surface area contributed by atoms with E-state index in [0.717, 1.165) is 51.9 Å². The molecule has 0 aromatic carbocycles. The zero-order valence-corrected chi connectivity index (χ0v) is 41.2. The van der Waals surface area contributed by atoms with Gasteiger partial charge in [0.15, 0.2) is 25.0 Å². The summed E-state index contributed by atoms with van der Waals surface area (Å²) in [6.45, 7) is 17.2. The molecule has 3 aliphatic heterocycles. The van der Waals surface area contributed by atoms with Crippen LogP contribution in [0, 0.1) is 50.2 Å². The Balaban J connectivity index is 1.03. The van der Waals surface area contributed by atoms with Gasteiger partial charge in [0, 0.05) is 19.3 Å². The van der Waals surface area contributed by atoms with E-state index >= 15 is 0 Å². The number of carboxylic acid groups (broad SMARTS) is 1. The average molecular weight is 967 g/mol. The summed E-state index contributed by atoms with van der Waals surface area (Å²) >= 11 is 0. The Kier molecular flexibility index (Phi) is 14.2. The van der Waals surface area contributed by atoms with Gasteiger partial charge in [-0.2, -0.15) is 0 Å². The highest BCUT2D eigenvalue weighted by Crippen LogP contribution is 2.76. The van der Waals surface area contributed by atoms with Crippen LogP contribution in [-0.2, 0) is 52.3 Å². The Morgan fingerprint density at radius 2 is 1.38 bits per heavy atom. The summed E-state index contributed by atoms with van der Waals surface area (Å²) in [5, 5.41) is 77.5. The first-order valence-corrected chi connectivity index (χ1v) is 24.9. The minimum atomic E-state index is -1.78. The monoisotopic (exact) mass is 967 g/mol. The van der Waals surface area contributed by atoms with Crippen molar-refractivity contribution in [3.63, 3.8) is 0 Å². The summed E-state index contributed by atoms with van der Waals surface area (Å²) in [4.78, 5) is 37.3. The molecule has 68 heavy (non-hydrogen) atoms. The molecule has 3 saturated heterocycles. The Bertz CT molecular complexity index is 1930. The van der Waals surface area contributed by atoms with Crippen molar-refractivity contribution < 1.29 is 88.0 Å². The van der Waals surface area contributed by atoms with Gasteiger partial charge in [0.25, 0.3) is 0 Å². The third-order valence-corrected chi connectivity index (χ3v) is 19.2. The summed E-state index contributed by atoms with van der Waals surface area (Å²) in [6, 6.07) is 0. The van der Waals surface area contributed by atoms with Crippen molar-refractivity contribution in [2.24, 2.45) is 50.2 Å². The number of carbonyl (C=O) groups is 3. The molecule has 8 aliphatic rings. The number of allylic oxidation sites excluding steroid dienone is 2. The number of hydrogen-bond donors (Lipinski definition) is 7. The van der Waals surface area contributed by atoms with Crippen LogP contribution < -0.4 is 0 Å². The number of ether oxygens (including phenoxy) is 8. The van der Waals surface area contributed by atoms with Crippen LogP contribution in [0.5, 0.6) is 0 Å². The van der Waals surface area contributed by atoms with Crippen LogP contribution in [0.4, 0.5) is 0 Å². The molecule has 4 saturated carbocycles. The third-order valence-electron chi connectivity index (χ3n) is 19.2. The van der Waals surface area contributed by atoms with Gasteiger partial charge in [0.2, 0.25) is 0 Å². The van der Waals surface area contributed by atoms with Crippen LogP contribution in [-0.4, -0.2) is 159 Å². The number of esters is 2. The lowest BCUT2D eigenvalue weighted by Gasteiger charge is -2.71. The number of carboxylic acids is 1. The summed E-state index contributed by atoms with van der Waals surface area (Å²) in [6.07, 6.45) is -9.89. The zero-order chi connectivity index (χ0) is 49.7. The number of rotatable bonds is 10. The molecular formula is C50H78O18. The van der Waals surface area contributed by atoms with Crippen molar-refractivity contribution in [3.05, 3.63) is 11.6 Å². The van der Waals surface area contributed by atoms with Crippen molar-refractivity contribution in [1.29, 1.82) is 0 Å². The number of aliphatic hydroxyl groups is 6. The summed E-state index contributed by atoms with van der Waals surface area (Å²) in [5.41, 5.74) is -0.752. The first-order chi connectivity index (χ1) is 31.7. The number of carbonyl (C=O) groups excluding carboxylic acids is 2. The van der Waals surface area contributed by atoms with Gasteiger partial charge in [-0.15, -0.1) is 0 Å². The SMILES string of the molecule is CC(=O)OC[C@@]1(C)[C@@H]2CC[C@]3(C)[C@H](CC=C4[C@@H]5CC(C)(C)CC[C@]5(C(=O)O)CC[C@]43C)[C@@]2(C)CC[C@@H]1O[C@@H]1OC[C@H](O)[C@H](O)[C@H]1O[C@@H]1O[C@@H](C)[C@H](O)[C@@H](O[C@@H]2OC[C@@H](OC(C)=O)[C@H](O)[C@H]2O)[C@H]1O. The zero-order valence-electron chi connectivity index (χ0n) is 41.2. The van der Waals surface area contributed by atoms with Crippen LogP contribution in [0.15, 0.2) is 11.6 Å². The van der Waals surface area contributed by atoms with E-state index in [9.17, 15) is 50.1 Å². The van der Waals surface area contributed by atoms with E-state index in [1.807, 2.05) is 0 Å².